The highest BCUT2D eigenvalue weighted by molar-refractivity contribution is 5.75. The fourth-order valence-electron chi connectivity index (χ4n) is 3.02. The molecule has 0 radical (unpaired) electrons. The maximum Gasteiger partial charge on any atom is 0.231 e. The van der Waals surface area contributed by atoms with Crippen LogP contribution in [-0.2, 0) is 16.1 Å². The quantitative estimate of drug-likeness (QED) is 0.788. The molecular weight excluding hydrogens is 286 g/mol. The first-order valence-corrected chi connectivity index (χ1v) is 7.84. The summed E-state index contributed by atoms with van der Waals surface area (Å²) >= 11 is 0. The van der Waals surface area contributed by atoms with Gasteiger partial charge in [0.15, 0.2) is 5.82 Å². The Morgan fingerprint density at radius 2 is 1.91 bits per heavy atom. The summed E-state index contributed by atoms with van der Waals surface area (Å²) in [5.74, 6) is 1.48. The lowest BCUT2D eigenvalue weighted by Gasteiger charge is -2.29. The largest absolute Gasteiger partial charge is 0.379 e. The van der Waals surface area contributed by atoms with Gasteiger partial charge in [0.1, 0.15) is 0 Å². The topological polar surface area (TPSA) is 97.7 Å². The number of rotatable bonds is 5. The van der Waals surface area contributed by atoms with Gasteiger partial charge in [-0.3, -0.25) is 14.6 Å². The number of morpholine rings is 1. The summed E-state index contributed by atoms with van der Waals surface area (Å²) < 4.78 is 10.8. The minimum absolute atomic E-state index is 0.274. The molecule has 3 heterocycles. The van der Waals surface area contributed by atoms with Gasteiger partial charge in [-0.05, 0) is 25.9 Å². The van der Waals surface area contributed by atoms with E-state index in [0.717, 1.165) is 63.9 Å². The molecule has 0 atom stereocenters. The van der Waals surface area contributed by atoms with E-state index in [4.69, 9.17) is 15.0 Å². The van der Waals surface area contributed by atoms with Crippen molar-refractivity contribution >= 4 is 5.91 Å². The number of carbonyl (C=O) groups excluding carboxylic acids is 1. The summed E-state index contributed by atoms with van der Waals surface area (Å²) in [5.41, 5.74) is 5.23. The lowest BCUT2D eigenvalue weighted by molar-refractivity contribution is -0.119. The molecule has 0 saturated carbocycles. The third-order valence-electron chi connectivity index (χ3n) is 4.27. The van der Waals surface area contributed by atoms with Gasteiger partial charge in [-0.15, -0.1) is 0 Å². The number of piperidine rings is 1. The van der Waals surface area contributed by atoms with E-state index in [1.54, 1.807) is 0 Å². The van der Waals surface area contributed by atoms with Crippen LogP contribution in [0.5, 0.6) is 0 Å². The standard InChI is InChI=1S/C14H23N5O3/c15-12(20)9-18-3-1-11(2-4-18)14-16-13(17-22-14)10-19-5-7-21-8-6-19/h11H,1-10H2,(H2,15,20). The van der Waals surface area contributed by atoms with Gasteiger partial charge in [-0.25, -0.2) is 0 Å². The Bertz CT molecular complexity index is 492. The Morgan fingerprint density at radius 1 is 1.18 bits per heavy atom. The van der Waals surface area contributed by atoms with Crippen LogP contribution in [0.4, 0.5) is 0 Å². The van der Waals surface area contributed by atoms with Crippen LogP contribution in [0.15, 0.2) is 4.52 Å². The molecular formula is C14H23N5O3. The molecule has 0 aromatic carbocycles. The molecule has 0 unspecified atom stereocenters. The minimum atomic E-state index is -0.274. The van der Waals surface area contributed by atoms with Crippen LogP contribution in [0.3, 0.4) is 0 Å². The molecule has 0 bridgehead atoms. The summed E-state index contributed by atoms with van der Waals surface area (Å²) in [6, 6.07) is 0. The molecule has 122 valence electrons. The molecule has 0 spiro atoms. The number of primary amides is 1. The molecule has 2 saturated heterocycles. The van der Waals surface area contributed by atoms with E-state index in [2.05, 4.69) is 19.9 Å². The third kappa shape index (κ3) is 4.02. The Labute approximate surface area is 129 Å². The first kappa shape index (κ1) is 15.4. The number of likely N-dealkylation sites (tertiary alicyclic amines) is 1. The molecule has 1 aromatic rings. The van der Waals surface area contributed by atoms with Crippen molar-refractivity contribution in [3.05, 3.63) is 11.7 Å². The molecule has 8 heteroatoms. The van der Waals surface area contributed by atoms with Crippen LogP contribution in [-0.4, -0.2) is 71.8 Å². The molecule has 2 aliphatic heterocycles. The Hall–Kier alpha value is -1.51. The summed E-state index contributed by atoms with van der Waals surface area (Å²) in [6.45, 7) is 6.09. The second-order valence-electron chi connectivity index (χ2n) is 5.95. The number of nitrogens with zero attached hydrogens (tertiary/aromatic N) is 4. The highest BCUT2D eigenvalue weighted by Crippen LogP contribution is 2.26. The number of hydrogen-bond acceptors (Lipinski definition) is 7. The van der Waals surface area contributed by atoms with Crippen LogP contribution >= 0.6 is 0 Å². The maximum atomic E-state index is 10.9. The van der Waals surface area contributed by atoms with E-state index in [0.29, 0.717) is 13.1 Å². The summed E-state index contributed by atoms with van der Waals surface area (Å²) in [7, 11) is 0. The van der Waals surface area contributed by atoms with Crippen LogP contribution < -0.4 is 5.73 Å². The molecule has 1 amide bonds. The molecule has 3 rings (SSSR count). The van der Waals surface area contributed by atoms with E-state index in [1.807, 2.05) is 0 Å². The fourth-order valence-corrected chi connectivity index (χ4v) is 3.02. The molecule has 1 aromatic heterocycles. The van der Waals surface area contributed by atoms with Crippen LogP contribution in [0.2, 0.25) is 0 Å². The zero-order valence-electron chi connectivity index (χ0n) is 12.7. The Morgan fingerprint density at radius 3 is 2.59 bits per heavy atom. The SMILES string of the molecule is NC(=O)CN1CCC(c2nc(CN3CCOCC3)no2)CC1. The van der Waals surface area contributed by atoms with Crippen LogP contribution in [0, 0.1) is 0 Å². The molecule has 2 aliphatic rings. The highest BCUT2D eigenvalue weighted by Gasteiger charge is 2.26. The van der Waals surface area contributed by atoms with E-state index < -0.39 is 0 Å². The third-order valence-corrected chi connectivity index (χ3v) is 4.27. The van der Waals surface area contributed by atoms with Gasteiger partial charge >= 0.3 is 0 Å². The normalized spacial score (nSPS) is 22.0. The van der Waals surface area contributed by atoms with Gasteiger partial charge in [0.2, 0.25) is 11.8 Å². The molecule has 0 aliphatic carbocycles. The zero-order chi connectivity index (χ0) is 15.4. The number of hydrogen-bond donors (Lipinski definition) is 1. The van der Waals surface area contributed by atoms with Gasteiger partial charge in [-0.1, -0.05) is 5.16 Å². The van der Waals surface area contributed by atoms with Crippen molar-refractivity contribution in [1.82, 2.24) is 19.9 Å². The van der Waals surface area contributed by atoms with Gasteiger partial charge in [0, 0.05) is 19.0 Å². The predicted molar refractivity (Wildman–Crippen MR) is 78.0 cm³/mol. The van der Waals surface area contributed by atoms with Crippen molar-refractivity contribution in [2.24, 2.45) is 5.73 Å². The number of amides is 1. The van der Waals surface area contributed by atoms with Gasteiger partial charge in [0.25, 0.3) is 0 Å². The molecule has 2 fully saturated rings. The van der Waals surface area contributed by atoms with Crippen LogP contribution in [0.1, 0.15) is 30.5 Å². The van der Waals surface area contributed by atoms with Gasteiger partial charge < -0.3 is 15.0 Å². The fraction of sp³-hybridized carbons (Fsp3) is 0.786. The van der Waals surface area contributed by atoms with Crippen molar-refractivity contribution in [3.8, 4) is 0 Å². The Kier molecular flexibility index (Phi) is 5.01. The smallest absolute Gasteiger partial charge is 0.231 e. The number of carbonyl (C=O) groups is 1. The van der Waals surface area contributed by atoms with E-state index >= 15 is 0 Å². The Balaban J connectivity index is 1.50. The summed E-state index contributed by atoms with van der Waals surface area (Å²) in [5, 5.41) is 4.10. The van der Waals surface area contributed by atoms with Crippen molar-refractivity contribution in [2.75, 3.05) is 45.9 Å². The number of ether oxygens (including phenoxy) is 1. The van der Waals surface area contributed by atoms with Gasteiger partial charge in [0.05, 0.1) is 26.3 Å². The monoisotopic (exact) mass is 309 g/mol. The second-order valence-corrected chi connectivity index (χ2v) is 5.95. The predicted octanol–water partition coefficient (Wildman–Crippen LogP) is -0.433. The maximum absolute atomic E-state index is 10.9. The zero-order valence-corrected chi connectivity index (χ0v) is 12.7. The molecule has 22 heavy (non-hydrogen) atoms. The van der Waals surface area contributed by atoms with E-state index in [1.165, 1.54) is 0 Å². The first-order chi connectivity index (χ1) is 10.7. The number of nitrogens with two attached hydrogens (primary N) is 1. The summed E-state index contributed by atoms with van der Waals surface area (Å²) in [6.07, 6.45) is 1.85. The van der Waals surface area contributed by atoms with Crippen molar-refractivity contribution in [1.29, 1.82) is 0 Å². The average Bonchev–Trinajstić information content (AvgIpc) is 2.97. The second kappa shape index (κ2) is 7.17. The van der Waals surface area contributed by atoms with Crippen molar-refractivity contribution in [2.45, 2.75) is 25.3 Å². The number of aromatic nitrogens is 2. The van der Waals surface area contributed by atoms with Crippen molar-refractivity contribution in [3.63, 3.8) is 0 Å². The lowest BCUT2D eigenvalue weighted by Crippen LogP contribution is -2.39. The van der Waals surface area contributed by atoms with E-state index in [-0.39, 0.29) is 11.8 Å². The molecule has 2 N–H and O–H groups in total. The van der Waals surface area contributed by atoms with Crippen LogP contribution in [0.25, 0.3) is 0 Å². The minimum Gasteiger partial charge on any atom is -0.379 e. The summed E-state index contributed by atoms with van der Waals surface area (Å²) in [4.78, 5) is 19.8. The average molecular weight is 309 g/mol. The molecule has 8 nitrogen and oxygen atoms in total. The van der Waals surface area contributed by atoms with E-state index in [9.17, 15) is 4.79 Å². The first-order valence-electron chi connectivity index (χ1n) is 7.84. The van der Waals surface area contributed by atoms with Crippen molar-refractivity contribution < 1.29 is 14.1 Å². The lowest BCUT2D eigenvalue weighted by atomic mass is 9.97. The van der Waals surface area contributed by atoms with Gasteiger partial charge in [-0.2, -0.15) is 4.98 Å². The highest BCUT2D eigenvalue weighted by atomic mass is 16.5.